The van der Waals surface area contributed by atoms with Gasteiger partial charge in [0.1, 0.15) is 6.61 Å². The van der Waals surface area contributed by atoms with Crippen LogP contribution in [0.3, 0.4) is 0 Å². The van der Waals surface area contributed by atoms with Crippen molar-refractivity contribution in [2.24, 2.45) is 11.8 Å². The minimum absolute atomic E-state index is 0.0364. The second kappa shape index (κ2) is 35.0. The molecule has 1 saturated carbocycles. The van der Waals surface area contributed by atoms with Crippen molar-refractivity contribution >= 4 is 11.9 Å². The molecule has 0 bridgehead atoms. The van der Waals surface area contributed by atoms with Crippen LogP contribution in [0.15, 0.2) is 12.2 Å². The number of ether oxygens (including phenoxy) is 2. The van der Waals surface area contributed by atoms with Crippen molar-refractivity contribution in [3.05, 3.63) is 12.2 Å². The molecule has 312 valence electrons. The predicted molar refractivity (Wildman–Crippen MR) is 217 cm³/mol. The van der Waals surface area contributed by atoms with E-state index in [-0.39, 0.29) is 37.4 Å². The average molecular weight is 753 g/mol. The molecule has 8 heteroatoms. The van der Waals surface area contributed by atoms with Gasteiger partial charge in [-0.15, -0.1) is 0 Å². The Morgan fingerprint density at radius 2 is 1.08 bits per heavy atom. The molecule has 0 aromatic rings. The Morgan fingerprint density at radius 3 is 1.58 bits per heavy atom. The number of aliphatic hydroxyl groups is 4. The normalized spacial score (nSPS) is 19.9. The molecular formula is C45H84O8. The first-order chi connectivity index (χ1) is 25.8. The third kappa shape index (κ3) is 27.7. The first-order valence-corrected chi connectivity index (χ1v) is 22.5. The first-order valence-electron chi connectivity index (χ1n) is 22.5. The van der Waals surface area contributed by atoms with Crippen molar-refractivity contribution < 1.29 is 39.5 Å². The van der Waals surface area contributed by atoms with Gasteiger partial charge in [-0.05, 0) is 31.6 Å². The van der Waals surface area contributed by atoms with Crippen LogP contribution in [0.5, 0.6) is 0 Å². The fourth-order valence-electron chi connectivity index (χ4n) is 7.71. The lowest BCUT2D eigenvalue weighted by Crippen LogP contribution is -2.28. The van der Waals surface area contributed by atoms with E-state index in [0.717, 1.165) is 64.2 Å². The quantitative estimate of drug-likeness (QED) is 0.0280. The minimum Gasteiger partial charge on any atom is -0.462 e. The van der Waals surface area contributed by atoms with Gasteiger partial charge in [0.05, 0.1) is 24.9 Å². The summed E-state index contributed by atoms with van der Waals surface area (Å²) in [7, 11) is 0. The van der Waals surface area contributed by atoms with E-state index < -0.39 is 30.4 Å². The van der Waals surface area contributed by atoms with Crippen LogP contribution < -0.4 is 0 Å². The molecule has 8 nitrogen and oxygen atoms in total. The van der Waals surface area contributed by atoms with Gasteiger partial charge < -0.3 is 29.9 Å². The van der Waals surface area contributed by atoms with E-state index in [1.807, 2.05) is 6.08 Å². The van der Waals surface area contributed by atoms with Gasteiger partial charge in [0.15, 0.2) is 6.10 Å². The molecule has 1 fully saturated rings. The van der Waals surface area contributed by atoms with E-state index in [0.29, 0.717) is 25.7 Å². The summed E-state index contributed by atoms with van der Waals surface area (Å²) in [5.41, 5.74) is 0. The van der Waals surface area contributed by atoms with E-state index in [2.05, 4.69) is 13.8 Å². The van der Waals surface area contributed by atoms with Crippen LogP contribution in [0.25, 0.3) is 0 Å². The van der Waals surface area contributed by atoms with E-state index in [1.54, 1.807) is 6.08 Å². The number of aliphatic hydroxyl groups excluding tert-OH is 4. The highest BCUT2D eigenvalue weighted by Gasteiger charge is 2.39. The molecule has 53 heavy (non-hydrogen) atoms. The van der Waals surface area contributed by atoms with Crippen molar-refractivity contribution in [3.8, 4) is 0 Å². The fourth-order valence-corrected chi connectivity index (χ4v) is 7.71. The van der Waals surface area contributed by atoms with Crippen molar-refractivity contribution in [1.29, 1.82) is 0 Å². The van der Waals surface area contributed by atoms with Crippen molar-refractivity contribution in [2.75, 3.05) is 13.2 Å². The largest absolute Gasteiger partial charge is 0.462 e. The molecule has 6 atom stereocenters. The van der Waals surface area contributed by atoms with E-state index >= 15 is 0 Å². The topological polar surface area (TPSA) is 134 Å². The van der Waals surface area contributed by atoms with Crippen LogP contribution in [0.2, 0.25) is 0 Å². The molecule has 0 aromatic carbocycles. The highest BCUT2D eigenvalue weighted by molar-refractivity contribution is 5.70. The van der Waals surface area contributed by atoms with Crippen LogP contribution in [0.4, 0.5) is 0 Å². The van der Waals surface area contributed by atoms with Gasteiger partial charge >= 0.3 is 11.9 Å². The Bertz CT molecular complexity index is 879. The maximum absolute atomic E-state index is 12.3. The molecule has 1 rings (SSSR count). The summed E-state index contributed by atoms with van der Waals surface area (Å²) in [6, 6.07) is 0. The standard InChI is InChI=1S/C45H84O8/c1-3-5-7-8-9-10-11-12-13-14-15-16-17-18-19-20-21-22-27-31-44(50)52-37-39(36-46)53-45(51)32-28-24-23-26-30-40-41(43(49)35-42(40)48)34-33-38(47)29-25-6-4-2/h33-34,38-43,46-49H,3-32,35-37H2,1-2H3/b34-33+/t38-,39-,40+,41+,42-,43+/m0/s1. The smallest absolute Gasteiger partial charge is 0.306 e. The Labute approximate surface area is 325 Å². The van der Waals surface area contributed by atoms with Gasteiger partial charge in [-0.3, -0.25) is 9.59 Å². The van der Waals surface area contributed by atoms with Gasteiger partial charge in [0, 0.05) is 25.2 Å². The molecule has 0 aromatic heterocycles. The van der Waals surface area contributed by atoms with E-state index in [1.165, 1.54) is 103 Å². The van der Waals surface area contributed by atoms with Crippen LogP contribution >= 0.6 is 0 Å². The summed E-state index contributed by atoms with van der Waals surface area (Å²) in [5, 5.41) is 40.8. The molecule has 0 saturated heterocycles. The van der Waals surface area contributed by atoms with Crippen molar-refractivity contribution in [3.63, 3.8) is 0 Å². The number of hydrogen-bond donors (Lipinski definition) is 4. The van der Waals surface area contributed by atoms with Gasteiger partial charge in [0.25, 0.3) is 0 Å². The molecule has 1 aliphatic rings. The summed E-state index contributed by atoms with van der Waals surface area (Å²) in [6.07, 6.45) is 34.9. The molecule has 1 aliphatic carbocycles. The molecule has 4 N–H and O–H groups in total. The van der Waals surface area contributed by atoms with Crippen LogP contribution in [-0.2, 0) is 19.1 Å². The summed E-state index contributed by atoms with van der Waals surface area (Å²) in [6.45, 7) is 3.89. The maximum atomic E-state index is 12.3. The Morgan fingerprint density at radius 1 is 0.623 bits per heavy atom. The Balaban J connectivity index is 2.01. The zero-order valence-electron chi connectivity index (χ0n) is 34.4. The lowest BCUT2D eigenvalue weighted by molar-refractivity contribution is -0.161. The number of rotatable bonds is 37. The average Bonchev–Trinajstić information content (AvgIpc) is 3.42. The summed E-state index contributed by atoms with van der Waals surface area (Å²) in [4.78, 5) is 24.5. The predicted octanol–water partition coefficient (Wildman–Crippen LogP) is 10.5. The molecule has 0 aliphatic heterocycles. The third-order valence-corrected chi connectivity index (χ3v) is 11.2. The Kier molecular flexibility index (Phi) is 32.7. The number of carbonyl (C=O) groups is 2. The summed E-state index contributed by atoms with van der Waals surface area (Å²) < 4.78 is 10.6. The number of unbranched alkanes of at least 4 members (excludes halogenated alkanes) is 23. The second-order valence-corrected chi connectivity index (χ2v) is 16.1. The molecule has 0 unspecified atom stereocenters. The zero-order valence-corrected chi connectivity index (χ0v) is 34.4. The molecule has 0 heterocycles. The molecular weight excluding hydrogens is 668 g/mol. The van der Waals surface area contributed by atoms with Gasteiger partial charge in [-0.2, -0.15) is 0 Å². The fraction of sp³-hybridized carbons (Fsp3) is 0.911. The maximum Gasteiger partial charge on any atom is 0.306 e. The van der Waals surface area contributed by atoms with Gasteiger partial charge in [-0.25, -0.2) is 0 Å². The Hall–Kier alpha value is -1.48. The first kappa shape index (κ1) is 49.5. The lowest BCUT2D eigenvalue weighted by atomic mass is 9.88. The van der Waals surface area contributed by atoms with E-state index in [9.17, 15) is 30.0 Å². The van der Waals surface area contributed by atoms with E-state index in [4.69, 9.17) is 9.47 Å². The van der Waals surface area contributed by atoms with Crippen LogP contribution in [0.1, 0.15) is 213 Å². The SMILES string of the molecule is CCCCCCCCCCCCCCCCCCCCCC(=O)OC[C@H](CO)OC(=O)CCCCCC[C@@H]1[C@@H](/C=C/[C@@H](O)CCCCC)[C@H](O)C[C@@H]1O. The highest BCUT2D eigenvalue weighted by atomic mass is 16.6. The summed E-state index contributed by atoms with van der Waals surface area (Å²) in [5.74, 6) is -0.909. The number of carbonyl (C=O) groups excluding carboxylic acids is 2. The van der Waals surface area contributed by atoms with Crippen molar-refractivity contribution in [2.45, 2.75) is 237 Å². The number of hydrogen-bond acceptors (Lipinski definition) is 8. The van der Waals surface area contributed by atoms with Gasteiger partial charge in [0.2, 0.25) is 0 Å². The number of esters is 2. The third-order valence-electron chi connectivity index (χ3n) is 11.2. The minimum atomic E-state index is -0.845. The molecule has 0 amide bonds. The lowest BCUT2D eigenvalue weighted by Gasteiger charge is -2.21. The molecule has 0 spiro atoms. The molecule has 0 radical (unpaired) electrons. The van der Waals surface area contributed by atoms with Crippen molar-refractivity contribution in [1.82, 2.24) is 0 Å². The highest BCUT2D eigenvalue weighted by Crippen LogP contribution is 2.37. The zero-order chi connectivity index (χ0) is 38.8. The second-order valence-electron chi connectivity index (χ2n) is 16.1. The van der Waals surface area contributed by atoms with Crippen LogP contribution in [-0.4, -0.2) is 70.0 Å². The van der Waals surface area contributed by atoms with Crippen LogP contribution in [0, 0.1) is 11.8 Å². The van der Waals surface area contributed by atoms with Gasteiger partial charge in [-0.1, -0.05) is 180 Å². The monoisotopic (exact) mass is 753 g/mol. The summed E-state index contributed by atoms with van der Waals surface area (Å²) >= 11 is 0.